The van der Waals surface area contributed by atoms with Gasteiger partial charge in [-0.3, -0.25) is 9.59 Å². The molecule has 0 spiro atoms. The maximum Gasteiger partial charge on any atom is 0.304 e. The maximum absolute atomic E-state index is 12.8. The van der Waals surface area contributed by atoms with E-state index in [4.69, 9.17) is 11.2 Å². The van der Waals surface area contributed by atoms with E-state index in [0.717, 1.165) is 24.8 Å². The molecule has 1 aromatic carbocycles. The van der Waals surface area contributed by atoms with Crippen LogP contribution in [0.15, 0.2) is 18.2 Å². The lowest BCUT2D eigenvalue weighted by atomic mass is 9.53. The second-order valence-corrected chi connectivity index (χ2v) is 8.34. The standard InChI is InChI=1S/C22H24O4/c1-4-22(26-13(2)23)10-8-19-17-12-20(25)18-11-14(24)5-6-15(18)16(17)7-9-21(19,22)3/h1,5-6,11,16-17,19,24H,7-10,12H2,2-3H3/t16-,17-,19+,21+,22+/m1/s1. The van der Waals surface area contributed by atoms with Crippen LogP contribution in [-0.2, 0) is 9.53 Å². The Morgan fingerprint density at radius 3 is 2.81 bits per heavy atom. The van der Waals surface area contributed by atoms with Crippen LogP contribution in [0.4, 0.5) is 0 Å². The number of esters is 1. The molecule has 136 valence electrons. The third-order valence-electron chi connectivity index (χ3n) is 7.27. The highest BCUT2D eigenvalue weighted by atomic mass is 16.6. The van der Waals surface area contributed by atoms with Crippen molar-refractivity contribution in [2.75, 3.05) is 0 Å². The first kappa shape index (κ1) is 17.1. The SMILES string of the molecule is C#C[C@]1(OC(C)=O)CC[C@H]2[C@@H]3CC(=O)c4cc(O)ccc4[C@H]3CC[C@@]21C. The van der Waals surface area contributed by atoms with E-state index in [2.05, 4.69) is 12.8 Å². The molecule has 5 atom stereocenters. The Labute approximate surface area is 153 Å². The number of fused-ring (bicyclic) bond motifs is 5. The van der Waals surface area contributed by atoms with Gasteiger partial charge in [-0.2, -0.15) is 0 Å². The van der Waals surface area contributed by atoms with Gasteiger partial charge in [-0.25, -0.2) is 0 Å². The maximum atomic E-state index is 12.8. The van der Waals surface area contributed by atoms with Crippen LogP contribution in [0.3, 0.4) is 0 Å². The topological polar surface area (TPSA) is 63.6 Å². The first-order chi connectivity index (χ1) is 12.3. The zero-order valence-corrected chi connectivity index (χ0v) is 15.2. The Hall–Kier alpha value is -2.28. The summed E-state index contributed by atoms with van der Waals surface area (Å²) >= 11 is 0. The fourth-order valence-electron chi connectivity index (χ4n) is 6.07. The molecule has 0 amide bonds. The predicted octanol–water partition coefficient (Wildman–Crippen LogP) is 3.82. The first-order valence-corrected chi connectivity index (χ1v) is 9.35. The molecule has 26 heavy (non-hydrogen) atoms. The summed E-state index contributed by atoms with van der Waals surface area (Å²) in [5.41, 5.74) is 0.545. The van der Waals surface area contributed by atoms with E-state index in [-0.39, 0.29) is 34.8 Å². The fraction of sp³-hybridized carbons (Fsp3) is 0.545. The Bertz CT molecular complexity index is 835. The predicted molar refractivity (Wildman–Crippen MR) is 96.7 cm³/mol. The molecule has 0 bridgehead atoms. The number of rotatable bonds is 1. The Kier molecular flexibility index (Phi) is 3.70. The molecule has 2 saturated carbocycles. The Balaban J connectivity index is 1.74. The van der Waals surface area contributed by atoms with Gasteiger partial charge in [0.25, 0.3) is 0 Å². The van der Waals surface area contributed by atoms with Gasteiger partial charge in [-0.15, -0.1) is 6.42 Å². The second-order valence-electron chi connectivity index (χ2n) is 8.34. The van der Waals surface area contributed by atoms with E-state index in [9.17, 15) is 14.7 Å². The van der Waals surface area contributed by atoms with Crippen molar-refractivity contribution in [2.24, 2.45) is 17.3 Å². The highest BCUT2D eigenvalue weighted by Gasteiger charge is 2.64. The van der Waals surface area contributed by atoms with Crippen LogP contribution in [0, 0.1) is 29.6 Å². The molecule has 4 nitrogen and oxygen atoms in total. The third-order valence-corrected chi connectivity index (χ3v) is 7.27. The first-order valence-electron chi connectivity index (χ1n) is 9.35. The Morgan fingerprint density at radius 2 is 2.12 bits per heavy atom. The number of benzene rings is 1. The molecule has 4 rings (SSSR count). The highest BCUT2D eigenvalue weighted by molar-refractivity contribution is 5.99. The van der Waals surface area contributed by atoms with Gasteiger partial charge in [-0.1, -0.05) is 18.9 Å². The van der Waals surface area contributed by atoms with Gasteiger partial charge in [0, 0.05) is 24.3 Å². The van der Waals surface area contributed by atoms with Crippen molar-refractivity contribution in [3.8, 4) is 18.1 Å². The number of carbonyl (C=O) groups is 2. The molecular formula is C22H24O4. The normalized spacial score (nSPS) is 37.9. The molecule has 3 aliphatic rings. The lowest BCUT2D eigenvalue weighted by molar-refractivity contribution is -0.165. The summed E-state index contributed by atoms with van der Waals surface area (Å²) in [5, 5.41) is 9.75. The minimum Gasteiger partial charge on any atom is -0.508 e. The van der Waals surface area contributed by atoms with Gasteiger partial charge >= 0.3 is 5.97 Å². The molecule has 1 aromatic rings. The highest BCUT2D eigenvalue weighted by Crippen LogP contribution is 2.65. The van der Waals surface area contributed by atoms with Crippen LogP contribution in [0.25, 0.3) is 0 Å². The van der Waals surface area contributed by atoms with Crippen molar-refractivity contribution >= 4 is 11.8 Å². The van der Waals surface area contributed by atoms with Gasteiger partial charge in [0.1, 0.15) is 5.75 Å². The quantitative estimate of drug-likeness (QED) is 0.616. The van der Waals surface area contributed by atoms with E-state index in [1.54, 1.807) is 12.1 Å². The van der Waals surface area contributed by atoms with E-state index < -0.39 is 5.60 Å². The van der Waals surface area contributed by atoms with Crippen molar-refractivity contribution < 1.29 is 19.4 Å². The van der Waals surface area contributed by atoms with E-state index in [0.29, 0.717) is 24.3 Å². The average Bonchev–Trinajstić information content (AvgIpc) is 2.88. The van der Waals surface area contributed by atoms with Gasteiger partial charge in [0.05, 0.1) is 0 Å². The molecule has 1 N–H and O–H groups in total. The molecule has 0 aliphatic heterocycles. The second kappa shape index (κ2) is 5.61. The minimum absolute atomic E-state index is 0.0899. The number of phenolic OH excluding ortho intramolecular Hbond substituents is 1. The molecule has 4 heteroatoms. The molecule has 0 saturated heterocycles. The summed E-state index contributed by atoms with van der Waals surface area (Å²) in [6.45, 7) is 3.55. The van der Waals surface area contributed by atoms with Gasteiger partial charge in [0.15, 0.2) is 11.4 Å². The third kappa shape index (κ3) is 2.16. The average molecular weight is 352 g/mol. The van der Waals surface area contributed by atoms with E-state index in [1.807, 2.05) is 6.07 Å². The van der Waals surface area contributed by atoms with Gasteiger partial charge < -0.3 is 9.84 Å². The van der Waals surface area contributed by atoms with Crippen molar-refractivity contribution in [1.29, 1.82) is 0 Å². The summed E-state index contributed by atoms with van der Waals surface area (Å²) in [6, 6.07) is 5.17. The number of Topliss-reactive ketones (excluding diaryl/α,β-unsaturated/α-hetero) is 1. The number of carbonyl (C=O) groups excluding carboxylic acids is 2. The van der Waals surface area contributed by atoms with Gasteiger partial charge in [-0.05, 0) is 61.1 Å². The smallest absolute Gasteiger partial charge is 0.304 e. The van der Waals surface area contributed by atoms with Crippen molar-refractivity contribution in [3.05, 3.63) is 29.3 Å². The number of phenols is 1. The lowest BCUT2D eigenvalue weighted by Crippen LogP contribution is -2.52. The van der Waals surface area contributed by atoms with Crippen molar-refractivity contribution in [3.63, 3.8) is 0 Å². The van der Waals surface area contributed by atoms with Crippen LogP contribution in [-0.4, -0.2) is 22.5 Å². The molecule has 3 aliphatic carbocycles. The van der Waals surface area contributed by atoms with Crippen LogP contribution in [0.5, 0.6) is 5.75 Å². The molecular weight excluding hydrogens is 328 g/mol. The van der Waals surface area contributed by atoms with Crippen LogP contribution in [0.1, 0.15) is 67.8 Å². The number of ether oxygens (including phenoxy) is 1. The summed E-state index contributed by atoms with van der Waals surface area (Å²) in [5.74, 6) is 3.47. The van der Waals surface area contributed by atoms with E-state index in [1.165, 1.54) is 6.92 Å². The van der Waals surface area contributed by atoms with Crippen LogP contribution in [0.2, 0.25) is 0 Å². The number of aromatic hydroxyl groups is 1. The minimum atomic E-state index is -0.868. The number of terminal acetylenes is 1. The molecule has 0 heterocycles. The van der Waals surface area contributed by atoms with Crippen molar-refractivity contribution in [1.82, 2.24) is 0 Å². The summed E-state index contributed by atoms with van der Waals surface area (Å²) in [6.07, 6.45) is 9.65. The Morgan fingerprint density at radius 1 is 1.35 bits per heavy atom. The number of hydrogen-bond donors (Lipinski definition) is 1. The lowest BCUT2D eigenvalue weighted by Gasteiger charge is -2.52. The zero-order valence-electron chi connectivity index (χ0n) is 15.2. The summed E-state index contributed by atoms with van der Waals surface area (Å²) < 4.78 is 5.72. The van der Waals surface area contributed by atoms with Crippen molar-refractivity contribution in [2.45, 2.75) is 57.5 Å². The number of hydrogen-bond acceptors (Lipinski definition) is 4. The van der Waals surface area contributed by atoms with Crippen LogP contribution >= 0.6 is 0 Å². The zero-order chi connectivity index (χ0) is 18.7. The molecule has 0 radical (unpaired) electrons. The summed E-state index contributed by atoms with van der Waals surface area (Å²) in [4.78, 5) is 24.5. The fourth-order valence-corrected chi connectivity index (χ4v) is 6.07. The monoisotopic (exact) mass is 352 g/mol. The van der Waals surface area contributed by atoms with Gasteiger partial charge in [0.2, 0.25) is 0 Å². The molecule has 2 fully saturated rings. The van der Waals surface area contributed by atoms with E-state index >= 15 is 0 Å². The van der Waals surface area contributed by atoms with Crippen LogP contribution < -0.4 is 0 Å². The summed E-state index contributed by atoms with van der Waals surface area (Å²) in [7, 11) is 0. The largest absolute Gasteiger partial charge is 0.508 e. The molecule has 0 aromatic heterocycles. The molecule has 0 unspecified atom stereocenters. The number of ketones is 1.